The third-order valence-electron chi connectivity index (χ3n) is 2.30. The van der Waals surface area contributed by atoms with Gasteiger partial charge >= 0.3 is 0 Å². The van der Waals surface area contributed by atoms with Crippen LogP contribution < -0.4 is 5.32 Å². The summed E-state index contributed by atoms with van der Waals surface area (Å²) in [6.45, 7) is 0. The van der Waals surface area contributed by atoms with Crippen LogP contribution in [0.4, 0.5) is 5.69 Å². The number of rotatable bonds is 2. The van der Waals surface area contributed by atoms with Gasteiger partial charge in [0.05, 0.1) is 15.6 Å². The zero-order valence-electron chi connectivity index (χ0n) is 9.08. The van der Waals surface area contributed by atoms with E-state index in [1.165, 1.54) is 0 Å². The van der Waals surface area contributed by atoms with E-state index in [0.717, 1.165) is 0 Å². The Balaban J connectivity index is 2.22. The topological polar surface area (TPSA) is 29.1 Å². The van der Waals surface area contributed by atoms with E-state index >= 15 is 0 Å². The lowest BCUT2D eigenvalue weighted by molar-refractivity contribution is 0.102. The Bertz CT molecular complexity index is 581. The molecular formula is C13H8Cl3NO. The van der Waals surface area contributed by atoms with Crippen molar-refractivity contribution in [2.24, 2.45) is 0 Å². The van der Waals surface area contributed by atoms with Crippen molar-refractivity contribution in [3.05, 3.63) is 63.1 Å². The number of carbonyl (C=O) groups excluding carboxylic acids is 1. The minimum Gasteiger partial charge on any atom is -0.322 e. The zero-order valence-corrected chi connectivity index (χ0v) is 11.4. The lowest BCUT2D eigenvalue weighted by Gasteiger charge is -2.07. The van der Waals surface area contributed by atoms with Crippen LogP contribution in [0.5, 0.6) is 0 Å². The molecule has 1 N–H and O–H groups in total. The highest BCUT2D eigenvalue weighted by Crippen LogP contribution is 2.26. The van der Waals surface area contributed by atoms with Crippen molar-refractivity contribution in [3.8, 4) is 0 Å². The minimum atomic E-state index is -0.315. The molecule has 0 aliphatic heterocycles. The molecule has 0 radical (unpaired) electrons. The fourth-order valence-electron chi connectivity index (χ4n) is 1.41. The van der Waals surface area contributed by atoms with Crippen LogP contribution in [0.3, 0.4) is 0 Å². The largest absolute Gasteiger partial charge is 0.322 e. The smallest absolute Gasteiger partial charge is 0.257 e. The molecule has 92 valence electrons. The number of nitrogens with one attached hydrogen (secondary N) is 1. The summed E-state index contributed by atoms with van der Waals surface area (Å²) in [6.07, 6.45) is 0. The van der Waals surface area contributed by atoms with E-state index in [-0.39, 0.29) is 10.9 Å². The number of amides is 1. The predicted octanol–water partition coefficient (Wildman–Crippen LogP) is 4.90. The van der Waals surface area contributed by atoms with E-state index in [2.05, 4.69) is 5.32 Å². The first kappa shape index (κ1) is 13.2. The first-order valence-electron chi connectivity index (χ1n) is 5.09. The molecule has 2 aromatic rings. The van der Waals surface area contributed by atoms with Crippen molar-refractivity contribution in [3.63, 3.8) is 0 Å². The normalized spacial score (nSPS) is 10.2. The Morgan fingerprint density at radius 1 is 0.944 bits per heavy atom. The van der Waals surface area contributed by atoms with Gasteiger partial charge in [-0.3, -0.25) is 4.79 Å². The fourth-order valence-corrected chi connectivity index (χ4v) is 1.92. The van der Waals surface area contributed by atoms with E-state index in [4.69, 9.17) is 34.8 Å². The first-order valence-corrected chi connectivity index (χ1v) is 6.22. The van der Waals surface area contributed by atoms with Crippen molar-refractivity contribution in [1.29, 1.82) is 0 Å². The molecule has 18 heavy (non-hydrogen) atoms. The average molecular weight is 301 g/mol. The van der Waals surface area contributed by atoms with Gasteiger partial charge in [0.2, 0.25) is 0 Å². The molecule has 5 heteroatoms. The zero-order chi connectivity index (χ0) is 13.1. The molecule has 0 unspecified atom stereocenters. The lowest BCUT2D eigenvalue weighted by atomic mass is 10.2. The molecule has 2 aromatic carbocycles. The summed E-state index contributed by atoms with van der Waals surface area (Å²) in [4.78, 5) is 12.0. The standard InChI is InChI=1S/C13H8Cl3NO/c14-8-4-6-9(7-5-8)17-13(18)10-2-1-3-11(15)12(10)16/h1-7H,(H,17,18). The Hall–Kier alpha value is -1.22. The monoisotopic (exact) mass is 299 g/mol. The van der Waals surface area contributed by atoms with Crippen LogP contribution in [-0.2, 0) is 0 Å². The van der Waals surface area contributed by atoms with Gasteiger partial charge in [-0.25, -0.2) is 0 Å². The van der Waals surface area contributed by atoms with Gasteiger partial charge in [-0.1, -0.05) is 40.9 Å². The molecule has 0 aliphatic carbocycles. The number of anilines is 1. The van der Waals surface area contributed by atoms with E-state index in [1.807, 2.05) is 0 Å². The van der Waals surface area contributed by atoms with Crippen LogP contribution in [0.2, 0.25) is 15.1 Å². The highest BCUT2D eigenvalue weighted by molar-refractivity contribution is 6.44. The number of benzene rings is 2. The number of halogens is 3. The molecule has 0 bridgehead atoms. The van der Waals surface area contributed by atoms with Crippen molar-refractivity contribution in [2.45, 2.75) is 0 Å². The first-order chi connectivity index (χ1) is 8.58. The van der Waals surface area contributed by atoms with Gasteiger partial charge < -0.3 is 5.32 Å². The van der Waals surface area contributed by atoms with E-state index in [0.29, 0.717) is 21.3 Å². The van der Waals surface area contributed by atoms with Crippen molar-refractivity contribution in [2.75, 3.05) is 5.32 Å². The second-order valence-electron chi connectivity index (χ2n) is 3.56. The Morgan fingerprint density at radius 2 is 1.61 bits per heavy atom. The maximum absolute atomic E-state index is 12.0. The van der Waals surface area contributed by atoms with Gasteiger partial charge in [0.25, 0.3) is 5.91 Å². The minimum absolute atomic E-state index is 0.241. The molecule has 1 amide bonds. The van der Waals surface area contributed by atoms with Gasteiger partial charge in [0.15, 0.2) is 0 Å². The van der Waals surface area contributed by atoms with Crippen LogP contribution in [0.1, 0.15) is 10.4 Å². The number of hydrogen-bond donors (Lipinski definition) is 1. The molecular weight excluding hydrogens is 293 g/mol. The summed E-state index contributed by atoms with van der Waals surface area (Å²) in [5, 5.41) is 3.91. The molecule has 0 aromatic heterocycles. The molecule has 0 saturated heterocycles. The van der Waals surface area contributed by atoms with E-state index in [1.54, 1.807) is 42.5 Å². The third kappa shape index (κ3) is 2.96. The van der Waals surface area contributed by atoms with Crippen LogP contribution in [0.25, 0.3) is 0 Å². The Morgan fingerprint density at radius 3 is 2.28 bits per heavy atom. The third-order valence-corrected chi connectivity index (χ3v) is 3.37. The summed E-state index contributed by atoms with van der Waals surface area (Å²) in [5.74, 6) is -0.315. The number of hydrogen-bond acceptors (Lipinski definition) is 1. The summed E-state index contributed by atoms with van der Waals surface area (Å²) in [5.41, 5.74) is 0.972. The molecule has 2 nitrogen and oxygen atoms in total. The molecule has 0 fully saturated rings. The van der Waals surface area contributed by atoms with Gasteiger partial charge in [0, 0.05) is 10.7 Å². The fraction of sp³-hybridized carbons (Fsp3) is 0. The maximum atomic E-state index is 12.0. The second kappa shape index (κ2) is 5.61. The van der Waals surface area contributed by atoms with Gasteiger partial charge in [-0.2, -0.15) is 0 Å². The summed E-state index contributed by atoms with van der Waals surface area (Å²) >= 11 is 17.6. The molecule has 2 rings (SSSR count). The number of carbonyl (C=O) groups is 1. The second-order valence-corrected chi connectivity index (χ2v) is 4.78. The summed E-state index contributed by atoms with van der Waals surface area (Å²) in [6, 6.07) is 11.7. The molecule has 0 atom stereocenters. The molecule has 0 aliphatic rings. The van der Waals surface area contributed by atoms with Crippen LogP contribution in [0.15, 0.2) is 42.5 Å². The van der Waals surface area contributed by atoms with Crippen LogP contribution >= 0.6 is 34.8 Å². The van der Waals surface area contributed by atoms with Gasteiger partial charge in [-0.05, 0) is 36.4 Å². The Kier molecular flexibility index (Phi) is 4.12. The van der Waals surface area contributed by atoms with Crippen molar-refractivity contribution >= 4 is 46.4 Å². The van der Waals surface area contributed by atoms with Crippen molar-refractivity contribution < 1.29 is 4.79 Å². The molecule has 0 spiro atoms. The molecule has 0 saturated carbocycles. The Labute approximate surface area is 119 Å². The van der Waals surface area contributed by atoms with E-state index in [9.17, 15) is 4.79 Å². The summed E-state index contributed by atoms with van der Waals surface area (Å²) < 4.78 is 0. The molecule has 0 heterocycles. The highest BCUT2D eigenvalue weighted by Gasteiger charge is 2.12. The SMILES string of the molecule is O=C(Nc1ccc(Cl)cc1)c1cccc(Cl)c1Cl. The van der Waals surface area contributed by atoms with E-state index < -0.39 is 0 Å². The quantitative estimate of drug-likeness (QED) is 0.840. The summed E-state index contributed by atoms with van der Waals surface area (Å²) in [7, 11) is 0. The van der Waals surface area contributed by atoms with Crippen LogP contribution in [-0.4, -0.2) is 5.91 Å². The lowest BCUT2D eigenvalue weighted by Crippen LogP contribution is -2.12. The predicted molar refractivity (Wildman–Crippen MR) is 75.9 cm³/mol. The van der Waals surface area contributed by atoms with Gasteiger partial charge in [0.1, 0.15) is 0 Å². The van der Waals surface area contributed by atoms with Crippen LogP contribution in [0, 0.1) is 0 Å². The highest BCUT2D eigenvalue weighted by atomic mass is 35.5. The van der Waals surface area contributed by atoms with Gasteiger partial charge in [-0.15, -0.1) is 0 Å². The maximum Gasteiger partial charge on any atom is 0.257 e. The van der Waals surface area contributed by atoms with Crippen molar-refractivity contribution in [1.82, 2.24) is 0 Å². The average Bonchev–Trinajstić information content (AvgIpc) is 2.35.